The maximum atomic E-state index is 12.1. The fourth-order valence-electron chi connectivity index (χ4n) is 6.76. The number of Topliss-reactive ketones (excluding diaryl/α,β-unsaturated/α-hetero) is 1. The van der Waals surface area contributed by atoms with Crippen molar-refractivity contribution in [2.24, 2.45) is 17.8 Å². The normalized spacial score (nSPS) is 31.4. The Morgan fingerprint density at radius 1 is 0.970 bits per heavy atom. The molecule has 1 aliphatic carbocycles. The lowest BCUT2D eigenvalue weighted by molar-refractivity contribution is -0.130. The zero-order valence-electron chi connectivity index (χ0n) is 21.1. The Balaban J connectivity index is 1.10. The van der Waals surface area contributed by atoms with Gasteiger partial charge in [0.05, 0.1) is 0 Å². The highest BCUT2D eigenvalue weighted by molar-refractivity contribution is 5.83. The first-order valence-electron chi connectivity index (χ1n) is 13.5. The standard InChI is InChI=1S/C27H43N5O/c1-18(2)26(33)22-11-20(12-22)15-30-9-7-21(8-10-30)23-13-28-27(29-14-23)32-24-5-6-25(32)17-31(16-24)19(3)4/h13-14,18-22,24-25H,5-12,15-17H2,1-4H3/t20-,22-,24?,25?. The van der Waals surface area contributed by atoms with Crippen LogP contribution < -0.4 is 4.90 Å². The Kier molecular flexibility index (Phi) is 6.76. The Morgan fingerprint density at radius 3 is 2.12 bits per heavy atom. The number of nitrogens with zero attached hydrogens (tertiary/aromatic N) is 5. The number of carbonyl (C=O) groups is 1. The Labute approximate surface area is 200 Å². The van der Waals surface area contributed by atoms with Gasteiger partial charge in [-0.3, -0.25) is 9.69 Å². The van der Waals surface area contributed by atoms with E-state index in [9.17, 15) is 4.79 Å². The molecule has 2 atom stereocenters. The van der Waals surface area contributed by atoms with Crippen LogP contribution in [0.4, 0.5) is 5.95 Å². The average Bonchev–Trinajstić information content (AvgIpc) is 3.04. The summed E-state index contributed by atoms with van der Waals surface area (Å²) in [6, 6.07) is 1.77. The maximum absolute atomic E-state index is 12.1. The van der Waals surface area contributed by atoms with Crippen molar-refractivity contribution in [1.29, 1.82) is 0 Å². The fraction of sp³-hybridized carbons (Fsp3) is 0.815. The van der Waals surface area contributed by atoms with Gasteiger partial charge in [0, 0.05) is 62.0 Å². The van der Waals surface area contributed by atoms with Crippen LogP contribution in [0.5, 0.6) is 0 Å². The number of rotatable bonds is 7. The first-order chi connectivity index (χ1) is 15.9. The van der Waals surface area contributed by atoms with Crippen LogP contribution in [0.1, 0.15) is 77.7 Å². The fourth-order valence-corrected chi connectivity index (χ4v) is 6.76. The lowest BCUT2D eigenvalue weighted by Gasteiger charge is -2.43. The number of hydrogen-bond donors (Lipinski definition) is 0. The second-order valence-corrected chi connectivity index (χ2v) is 11.8. The first kappa shape index (κ1) is 23.2. The van der Waals surface area contributed by atoms with Crippen LogP contribution in [0.2, 0.25) is 0 Å². The zero-order valence-corrected chi connectivity index (χ0v) is 21.1. The molecular weight excluding hydrogens is 410 g/mol. The van der Waals surface area contributed by atoms with E-state index in [-0.39, 0.29) is 5.92 Å². The van der Waals surface area contributed by atoms with Gasteiger partial charge in [-0.25, -0.2) is 9.97 Å². The molecule has 0 aromatic carbocycles. The lowest BCUT2D eigenvalue weighted by atomic mass is 9.70. The van der Waals surface area contributed by atoms with E-state index in [0.29, 0.717) is 35.7 Å². The third-order valence-electron chi connectivity index (χ3n) is 8.91. The molecule has 1 saturated carbocycles. The largest absolute Gasteiger partial charge is 0.332 e. The Morgan fingerprint density at radius 2 is 1.58 bits per heavy atom. The summed E-state index contributed by atoms with van der Waals surface area (Å²) < 4.78 is 0. The van der Waals surface area contributed by atoms with Crippen LogP contribution in [-0.2, 0) is 4.79 Å². The van der Waals surface area contributed by atoms with Gasteiger partial charge in [-0.05, 0) is 82.9 Å². The van der Waals surface area contributed by atoms with Crippen molar-refractivity contribution in [2.45, 2.75) is 90.3 Å². The monoisotopic (exact) mass is 453 g/mol. The number of fused-ring (bicyclic) bond motifs is 2. The second kappa shape index (κ2) is 9.61. The minimum absolute atomic E-state index is 0.195. The number of ketones is 1. The summed E-state index contributed by atoms with van der Waals surface area (Å²) in [5.74, 6) is 3.27. The molecule has 0 N–H and O–H groups in total. The topological polar surface area (TPSA) is 52.6 Å². The number of piperazine rings is 1. The molecule has 3 saturated heterocycles. The van der Waals surface area contributed by atoms with Gasteiger partial charge in [0.2, 0.25) is 5.95 Å². The third kappa shape index (κ3) is 4.84. The number of anilines is 1. The molecule has 5 rings (SSSR count). The van der Waals surface area contributed by atoms with Crippen molar-refractivity contribution in [2.75, 3.05) is 37.6 Å². The number of aromatic nitrogens is 2. The quantitative estimate of drug-likeness (QED) is 0.623. The summed E-state index contributed by atoms with van der Waals surface area (Å²) in [6.07, 6.45) is 11.4. The van der Waals surface area contributed by atoms with Gasteiger partial charge < -0.3 is 9.80 Å². The predicted molar refractivity (Wildman–Crippen MR) is 133 cm³/mol. The van der Waals surface area contributed by atoms with Crippen LogP contribution in [-0.4, -0.2) is 76.4 Å². The number of piperidine rings is 1. The van der Waals surface area contributed by atoms with Crippen molar-refractivity contribution < 1.29 is 4.79 Å². The Hall–Kier alpha value is -1.53. The highest BCUT2D eigenvalue weighted by Crippen LogP contribution is 2.38. The van der Waals surface area contributed by atoms with Gasteiger partial charge in [0.1, 0.15) is 5.78 Å². The average molecular weight is 454 g/mol. The van der Waals surface area contributed by atoms with Crippen molar-refractivity contribution in [1.82, 2.24) is 19.8 Å². The van der Waals surface area contributed by atoms with Crippen LogP contribution in [0, 0.1) is 17.8 Å². The molecule has 182 valence electrons. The first-order valence-corrected chi connectivity index (χ1v) is 13.5. The van der Waals surface area contributed by atoms with Crippen LogP contribution in [0.15, 0.2) is 12.4 Å². The lowest BCUT2D eigenvalue weighted by Crippen LogP contribution is -2.56. The third-order valence-corrected chi connectivity index (χ3v) is 8.91. The van der Waals surface area contributed by atoms with Gasteiger partial charge in [-0.2, -0.15) is 0 Å². The van der Waals surface area contributed by atoms with E-state index >= 15 is 0 Å². The van der Waals surface area contributed by atoms with Gasteiger partial charge in [-0.15, -0.1) is 0 Å². The summed E-state index contributed by atoms with van der Waals surface area (Å²) >= 11 is 0. The molecule has 0 spiro atoms. The second-order valence-electron chi connectivity index (χ2n) is 11.8. The number of carbonyl (C=O) groups excluding carboxylic acids is 1. The smallest absolute Gasteiger partial charge is 0.225 e. The molecule has 0 radical (unpaired) electrons. The van der Waals surface area contributed by atoms with E-state index in [4.69, 9.17) is 9.97 Å². The molecule has 1 aromatic heterocycles. The summed E-state index contributed by atoms with van der Waals surface area (Å²) in [5.41, 5.74) is 1.32. The molecule has 2 bridgehead atoms. The van der Waals surface area contributed by atoms with E-state index in [1.54, 1.807) is 0 Å². The molecule has 4 aliphatic rings. The highest BCUT2D eigenvalue weighted by atomic mass is 16.1. The van der Waals surface area contributed by atoms with Crippen molar-refractivity contribution in [3.05, 3.63) is 18.0 Å². The predicted octanol–water partition coefficient (Wildman–Crippen LogP) is 3.97. The van der Waals surface area contributed by atoms with E-state index in [2.05, 4.69) is 40.9 Å². The SMILES string of the molecule is CC(C)C(=O)[C@H]1C[C@H](CN2CCC(c3cnc(N4C5CCC4CN(C(C)C)C5)nc3)CC2)C1. The molecule has 1 aromatic rings. The van der Waals surface area contributed by atoms with Gasteiger partial charge in [0.25, 0.3) is 0 Å². The summed E-state index contributed by atoms with van der Waals surface area (Å²) in [7, 11) is 0. The van der Waals surface area contributed by atoms with Crippen molar-refractivity contribution in [3.8, 4) is 0 Å². The summed E-state index contributed by atoms with van der Waals surface area (Å²) in [5, 5.41) is 0. The van der Waals surface area contributed by atoms with E-state index < -0.39 is 0 Å². The number of likely N-dealkylation sites (tertiary alicyclic amines) is 2. The molecule has 4 fully saturated rings. The molecule has 6 nitrogen and oxygen atoms in total. The van der Waals surface area contributed by atoms with Crippen molar-refractivity contribution in [3.63, 3.8) is 0 Å². The van der Waals surface area contributed by atoms with Gasteiger partial charge >= 0.3 is 0 Å². The molecule has 4 heterocycles. The van der Waals surface area contributed by atoms with Crippen LogP contribution in [0.25, 0.3) is 0 Å². The highest BCUT2D eigenvalue weighted by Gasteiger charge is 2.42. The zero-order chi connectivity index (χ0) is 23.1. The number of hydrogen-bond acceptors (Lipinski definition) is 6. The maximum Gasteiger partial charge on any atom is 0.225 e. The van der Waals surface area contributed by atoms with Crippen LogP contribution in [0.3, 0.4) is 0 Å². The summed E-state index contributed by atoms with van der Waals surface area (Å²) in [6.45, 7) is 14.5. The van der Waals surface area contributed by atoms with E-state index in [0.717, 1.165) is 50.9 Å². The minimum Gasteiger partial charge on any atom is -0.332 e. The van der Waals surface area contributed by atoms with E-state index in [1.807, 2.05) is 13.8 Å². The molecule has 6 heteroatoms. The molecule has 33 heavy (non-hydrogen) atoms. The molecule has 2 unspecified atom stereocenters. The van der Waals surface area contributed by atoms with Gasteiger partial charge in [-0.1, -0.05) is 13.8 Å². The molecular formula is C27H43N5O. The molecule has 3 aliphatic heterocycles. The summed E-state index contributed by atoms with van der Waals surface area (Å²) in [4.78, 5) is 29.6. The minimum atomic E-state index is 0.195. The van der Waals surface area contributed by atoms with Crippen LogP contribution >= 0.6 is 0 Å². The van der Waals surface area contributed by atoms with E-state index in [1.165, 1.54) is 37.8 Å². The Bertz CT molecular complexity index is 796. The molecule has 0 amide bonds. The van der Waals surface area contributed by atoms with Gasteiger partial charge in [0.15, 0.2) is 0 Å². The van der Waals surface area contributed by atoms with Crippen molar-refractivity contribution >= 4 is 11.7 Å².